The summed E-state index contributed by atoms with van der Waals surface area (Å²) in [6.45, 7) is 2.30. The lowest BCUT2D eigenvalue weighted by Crippen LogP contribution is -2.55. The van der Waals surface area contributed by atoms with Gasteiger partial charge in [0.2, 0.25) is 0 Å². The average Bonchev–Trinajstić information content (AvgIpc) is 3.27. The summed E-state index contributed by atoms with van der Waals surface area (Å²) in [5.74, 6) is 0.793. The van der Waals surface area contributed by atoms with Crippen LogP contribution in [0.4, 0.5) is 5.69 Å². The lowest BCUT2D eigenvalue weighted by Gasteiger charge is -2.42. The Morgan fingerprint density at radius 1 is 1.06 bits per heavy atom. The fraction of sp³-hybridized carbons (Fsp3) is 0.480. The van der Waals surface area contributed by atoms with E-state index in [1.807, 2.05) is 17.0 Å². The lowest BCUT2D eigenvalue weighted by atomic mass is 10.0. The summed E-state index contributed by atoms with van der Waals surface area (Å²) in [7, 11) is 1.68. The second-order valence-corrected chi connectivity index (χ2v) is 8.53. The molecule has 2 fully saturated rings. The molecule has 2 aromatic carbocycles. The zero-order valence-corrected chi connectivity index (χ0v) is 18.2. The molecule has 1 saturated heterocycles. The molecular weight excluding hydrogens is 392 g/mol. The van der Waals surface area contributed by atoms with E-state index >= 15 is 0 Å². The van der Waals surface area contributed by atoms with Gasteiger partial charge in [-0.2, -0.15) is 0 Å². The Hall–Kier alpha value is -2.73. The zero-order chi connectivity index (χ0) is 21.6. The van der Waals surface area contributed by atoms with E-state index in [1.165, 1.54) is 18.4 Å². The first-order valence-corrected chi connectivity index (χ1v) is 11.2. The number of ether oxygens (including phenoxy) is 2. The molecule has 1 saturated carbocycles. The molecule has 4 rings (SSSR count). The fourth-order valence-electron chi connectivity index (χ4n) is 4.78. The quantitative estimate of drug-likeness (QED) is 0.695. The van der Waals surface area contributed by atoms with Gasteiger partial charge in [0.25, 0.3) is 0 Å². The molecular formula is C25H32N2O4. The summed E-state index contributed by atoms with van der Waals surface area (Å²) in [6, 6.07) is 16.8. The first-order valence-electron chi connectivity index (χ1n) is 11.2. The summed E-state index contributed by atoms with van der Waals surface area (Å²) >= 11 is 0. The predicted octanol–water partition coefficient (Wildman–Crippen LogP) is 3.83. The van der Waals surface area contributed by atoms with Crippen LogP contribution in [0, 0.1) is 0 Å². The molecule has 0 amide bonds. The van der Waals surface area contributed by atoms with E-state index in [0.29, 0.717) is 6.54 Å². The molecule has 1 unspecified atom stereocenters. The van der Waals surface area contributed by atoms with Gasteiger partial charge in [-0.1, -0.05) is 30.3 Å². The first kappa shape index (κ1) is 21.5. The highest BCUT2D eigenvalue weighted by atomic mass is 16.5. The van der Waals surface area contributed by atoms with Crippen molar-refractivity contribution >= 4 is 11.7 Å². The standard InChI is InChI=1S/C25H32N2O4/c1-30-23-12-11-20(16-24(23)31-22-9-5-6-10-22)27-14-13-26(18-25(28)29)17-21(27)15-19-7-3-2-4-8-19/h2-4,7-8,11-12,16,21-22H,5-6,9-10,13-15,17-18H2,1H3,(H,28,29). The SMILES string of the molecule is COc1ccc(N2CCN(CC(=O)O)CC2Cc2ccccc2)cc1OC1CCCC1. The van der Waals surface area contributed by atoms with Gasteiger partial charge in [0.15, 0.2) is 11.5 Å². The monoisotopic (exact) mass is 424 g/mol. The number of piperazine rings is 1. The molecule has 2 aliphatic rings. The smallest absolute Gasteiger partial charge is 0.317 e. The lowest BCUT2D eigenvalue weighted by molar-refractivity contribution is -0.138. The van der Waals surface area contributed by atoms with Crippen LogP contribution in [0.2, 0.25) is 0 Å². The van der Waals surface area contributed by atoms with Crippen molar-refractivity contribution < 1.29 is 19.4 Å². The molecule has 31 heavy (non-hydrogen) atoms. The van der Waals surface area contributed by atoms with Crippen LogP contribution < -0.4 is 14.4 Å². The maximum atomic E-state index is 11.3. The van der Waals surface area contributed by atoms with Crippen molar-refractivity contribution in [3.05, 3.63) is 54.1 Å². The Labute approximate surface area is 184 Å². The highest BCUT2D eigenvalue weighted by Gasteiger charge is 2.29. The Balaban J connectivity index is 1.57. The van der Waals surface area contributed by atoms with Crippen LogP contribution in [0.3, 0.4) is 0 Å². The topological polar surface area (TPSA) is 62.2 Å². The van der Waals surface area contributed by atoms with E-state index in [4.69, 9.17) is 9.47 Å². The largest absolute Gasteiger partial charge is 0.493 e. The molecule has 2 aromatic rings. The highest BCUT2D eigenvalue weighted by Crippen LogP contribution is 2.36. The van der Waals surface area contributed by atoms with E-state index in [9.17, 15) is 9.90 Å². The second kappa shape index (κ2) is 10.1. The van der Waals surface area contributed by atoms with Crippen LogP contribution in [-0.2, 0) is 11.2 Å². The first-order chi connectivity index (χ1) is 15.1. The number of benzene rings is 2. The average molecular weight is 425 g/mol. The van der Waals surface area contributed by atoms with Crippen LogP contribution >= 0.6 is 0 Å². The molecule has 0 aromatic heterocycles. The molecule has 1 atom stereocenters. The Kier molecular flexibility index (Phi) is 6.97. The minimum Gasteiger partial charge on any atom is -0.493 e. The number of methoxy groups -OCH3 is 1. The number of hydrogen-bond donors (Lipinski definition) is 1. The summed E-state index contributed by atoms with van der Waals surface area (Å²) in [5, 5.41) is 9.27. The number of nitrogens with zero attached hydrogens (tertiary/aromatic N) is 2. The summed E-state index contributed by atoms with van der Waals surface area (Å²) in [6.07, 6.45) is 5.75. The van der Waals surface area contributed by atoms with Gasteiger partial charge in [-0.05, 0) is 49.8 Å². The van der Waals surface area contributed by atoms with Crippen LogP contribution in [0.15, 0.2) is 48.5 Å². The number of carboxylic acids is 1. The van der Waals surface area contributed by atoms with Crippen LogP contribution in [0.5, 0.6) is 11.5 Å². The Bertz CT molecular complexity index is 867. The third-order valence-corrected chi connectivity index (χ3v) is 6.31. The zero-order valence-electron chi connectivity index (χ0n) is 18.2. The molecule has 166 valence electrons. The maximum absolute atomic E-state index is 11.3. The van der Waals surface area contributed by atoms with E-state index in [0.717, 1.165) is 49.5 Å². The summed E-state index contributed by atoms with van der Waals surface area (Å²) < 4.78 is 11.9. The van der Waals surface area contributed by atoms with Crippen molar-refractivity contribution in [3.63, 3.8) is 0 Å². The van der Waals surface area contributed by atoms with E-state index in [2.05, 4.69) is 41.3 Å². The summed E-state index contributed by atoms with van der Waals surface area (Å²) in [5.41, 5.74) is 2.36. The number of rotatable bonds is 8. The molecule has 1 N–H and O–H groups in total. The van der Waals surface area contributed by atoms with Gasteiger partial charge in [-0.15, -0.1) is 0 Å². The van der Waals surface area contributed by atoms with Crippen LogP contribution in [0.1, 0.15) is 31.2 Å². The van der Waals surface area contributed by atoms with Gasteiger partial charge < -0.3 is 19.5 Å². The van der Waals surface area contributed by atoms with Crippen molar-refractivity contribution in [2.45, 2.75) is 44.2 Å². The second-order valence-electron chi connectivity index (χ2n) is 8.53. The number of anilines is 1. The molecule has 0 bridgehead atoms. The summed E-state index contributed by atoms with van der Waals surface area (Å²) in [4.78, 5) is 15.7. The highest BCUT2D eigenvalue weighted by molar-refractivity contribution is 5.69. The van der Waals surface area contributed by atoms with Crippen molar-refractivity contribution in [3.8, 4) is 11.5 Å². The van der Waals surface area contributed by atoms with Crippen LogP contribution in [-0.4, -0.2) is 61.4 Å². The fourth-order valence-corrected chi connectivity index (χ4v) is 4.78. The van der Waals surface area contributed by atoms with Gasteiger partial charge >= 0.3 is 5.97 Å². The number of carbonyl (C=O) groups is 1. The Morgan fingerprint density at radius 3 is 2.55 bits per heavy atom. The normalized spacial score (nSPS) is 20.0. The van der Waals surface area contributed by atoms with Gasteiger partial charge in [0, 0.05) is 37.4 Å². The van der Waals surface area contributed by atoms with E-state index in [-0.39, 0.29) is 18.7 Å². The van der Waals surface area contributed by atoms with Gasteiger partial charge in [-0.25, -0.2) is 0 Å². The number of aliphatic carboxylic acids is 1. The third kappa shape index (κ3) is 5.50. The van der Waals surface area contributed by atoms with Gasteiger partial charge in [-0.3, -0.25) is 9.69 Å². The number of hydrogen-bond acceptors (Lipinski definition) is 5. The minimum atomic E-state index is -0.774. The molecule has 0 radical (unpaired) electrons. The Morgan fingerprint density at radius 2 is 1.84 bits per heavy atom. The maximum Gasteiger partial charge on any atom is 0.317 e. The van der Waals surface area contributed by atoms with Crippen molar-refractivity contribution in [2.75, 3.05) is 38.2 Å². The van der Waals surface area contributed by atoms with Gasteiger partial charge in [0.05, 0.1) is 19.8 Å². The van der Waals surface area contributed by atoms with Crippen LogP contribution in [0.25, 0.3) is 0 Å². The molecule has 6 nitrogen and oxygen atoms in total. The third-order valence-electron chi connectivity index (χ3n) is 6.31. The van der Waals surface area contributed by atoms with E-state index < -0.39 is 5.97 Å². The molecule has 1 aliphatic heterocycles. The predicted molar refractivity (Wildman–Crippen MR) is 121 cm³/mol. The molecule has 0 spiro atoms. The molecule has 6 heteroatoms. The van der Waals surface area contributed by atoms with Crippen molar-refractivity contribution in [2.24, 2.45) is 0 Å². The number of carboxylic acid groups (broad SMARTS) is 1. The van der Waals surface area contributed by atoms with Gasteiger partial charge in [0.1, 0.15) is 0 Å². The van der Waals surface area contributed by atoms with Crippen molar-refractivity contribution in [1.82, 2.24) is 4.90 Å². The minimum absolute atomic E-state index is 0.0811. The molecule has 1 aliphatic carbocycles. The molecule has 1 heterocycles. The van der Waals surface area contributed by atoms with Crippen molar-refractivity contribution in [1.29, 1.82) is 0 Å². The van der Waals surface area contributed by atoms with E-state index in [1.54, 1.807) is 7.11 Å².